The molecular formula is C19H31Cl. The number of hydrogen-bond donors (Lipinski definition) is 0. The van der Waals surface area contributed by atoms with E-state index in [-0.39, 0.29) is 0 Å². The molecule has 0 unspecified atom stereocenters. The topological polar surface area (TPSA) is 0 Å². The average Bonchev–Trinajstić information content (AvgIpc) is 2.49. The van der Waals surface area contributed by atoms with Gasteiger partial charge in [0.1, 0.15) is 0 Å². The first kappa shape index (κ1) is 16.1. The van der Waals surface area contributed by atoms with Crippen LogP contribution in [-0.4, -0.2) is 0 Å². The highest BCUT2D eigenvalue weighted by molar-refractivity contribution is 6.25. The molecule has 0 bridgehead atoms. The minimum Gasteiger partial charge on any atom is -0.103 e. The molecule has 0 aromatic carbocycles. The van der Waals surface area contributed by atoms with Crippen molar-refractivity contribution in [3.8, 4) is 0 Å². The Balaban J connectivity index is 1.65. The molecule has 0 N–H and O–H groups in total. The Morgan fingerprint density at radius 2 is 1.50 bits per heavy atom. The number of hydrogen-bond acceptors (Lipinski definition) is 0. The molecule has 0 heterocycles. The number of unbranched alkanes of at least 4 members (excludes halogenated alkanes) is 1. The highest BCUT2D eigenvalue weighted by Crippen LogP contribution is 2.42. The van der Waals surface area contributed by atoms with Crippen molar-refractivity contribution < 1.29 is 0 Å². The van der Waals surface area contributed by atoms with Crippen LogP contribution in [0.3, 0.4) is 0 Å². The highest BCUT2D eigenvalue weighted by atomic mass is 35.5. The van der Waals surface area contributed by atoms with Crippen molar-refractivity contribution in [1.29, 1.82) is 0 Å². The molecular weight excluding hydrogens is 264 g/mol. The quantitative estimate of drug-likeness (QED) is 0.377. The third-order valence-corrected chi connectivity index (χ3v) is 5.89. The molecule has 0 aromatic rings. The van der Waals surface area contributed by atoms with Gasteiger partial charge in [-0.2, -0.15) is 0 Å². The lowest BCUT2D eigenvalue weighted by molar-refractivity contribution is 0.152. The van der Waals surface area contributed by atoms with Crippen LogP contribution < -0.4 is 0 Å². The van der Waals surface area contributed by atoms with E-state index in [9.17, 15) is 0 Å². The zero-order valence-electron chi connectivity index (χ0n) is 12.9. The van der Waals surface area contributed by atoms with Crippen molar-refractivity contribution in [3.63, 3.8) is 0 Å². The van der Waals surface area contributed by atoms with Crippen LogP contribution in [0.4, 0.5) is 0 Å². The number of allylic oxidation sites excluding steroid dienone is 2. The lowest BCUT2D eigenvalue weighted by Gasteiger charge is -2.37. The summed E-state index contributed by atoms with van der Waals surface area (Å²) in [4.78, 5) is 0. The molecule has 2 fully saturated rings. The van der Waals surface area contributed by atoms with Gasteiger partial charge in [0, 0.05) is 5.54 Å². The third kappa shape index (κ3) is 4.95. The molecule has 0 amide bonds. The standard InChI is InChI=1S/C19H31Cl/c1-2-3-4-5-16-6-10-18(11-7-16)19-12-8-17(9-13-19)14-15-20/h2,14-19H,1,3-13H2. The molecule has 0 atom stereocenters. The van der Waals surface area contributed by atoms with Crippen molar-refractivity contribution >= 4 is 11.6 Å². The predicted octanol–water partition coefficient (Wildman–Crippen LogP) is 6.71. The Kier molecular flexibility index (Phi) is 7.21. The number of rotatable bonds is 6. The molecule has 0 aliphatic heterocycles. The minimum atomic E-state index is 0.763. The second-order valence-corrected chi connectivity index (χ2v) is 7.25. The maximum atomic E-state index is 5.70. The zero-order valence-corrected chi connectivity index (χ0v) is 13.7. The van der Waals surface area contributed by atoms with Crippen LogP contribution in [0, 0.1) is 23.7 Å². The monoisotopic (exact) mass is 294 g/mol. The van der Waals surface area contributed by atoms with Crippen LogP contribution in [0.25, 0.3) is 0 Å². The molecule has 0 spiro atoms. The second kappa shape index (κ2) is 8.93. The molecule has 0 aromatic heterocycles. The molecule has 114 valence electrons. The van der Waals surface area contributed by atoms with Crippen LogP contribution >= 0.6 is 11.6 Å². The van der Waals surface area contributed by atoms with Gasteiger partial charge in [-0.05, 0) is 75.0 Å². The van der Waals surface area contributed by atoms with Gasteiger partial charge < -0.3 is 0 Å². The average molecular weight is 295 g/mol. The molecule has 2 saturated carbocycles. The van der Waals surface area contributed by atoms with Crippen LogP contribution in [-0.2, 0) is 0 Å². The maximum absolute atomic E-state index is 5.70. The summed E-state index contributed by atoms with van der Waals surface area (Å²) in [6.07, 6.45) is 19.9. The number of halogens is 1. The minimum absolute atomic E-state index is 0.763. The van der Waals surface area contributed by atoms with Crippen molar-refractivity contribution in [1.82, 2.24) is 0 Å². The van der Waals surface area contributed by atoms with E-state index in [2.05, 4.69) is 18.7 Å². The highest BCUT2D eigenvalue weighted by Gasteiger charge is 2.29. The second-order valence-electron chi connectivity index (χ2n) is 6.99. The summed E-state index contributed by atoms with van der Waals surface area (Å²) in [5.74, 6) is 3.83. The SMILES string of the molecule is C=CCCCC1CCC(C2CCC(C=CCl)CC2)CC1. The fraction of sp³-hybridized carbons (Fsp3) is 0.789. The Labute approximate surface area is 130 Å². The first-order chi connectivity index (χ1) is 9.83. The van der Waals surface area contributed by atoms with Gasteiger partial charge in [-0.3, -0.25) is 0 Å². The summed E-state index contributed by atoms with van der Waals surface area (Å²) in [6, 6.07) is 0. The largest absolute Gasteiger partial charge is 0.103 e. The van der Waals surface area contributed by atoms with Gasteiger partial charge in [0.25, 0.3) is 0 Å². The summed E-state index contributed by atoms with van der Waals surface area (Å²) in [5, 5.41) is 0. The molecule has 0 saturated heterocycles. The van der Waals surface area contributed by atoms with Crippen LogP contribution in [0.2, 0.25) is 0 Å². The molecule has 0 radical (unpaired) electrons. The first-order valence-corrected chi connectivity index (χ1v) is 9.15. The molecule has 2 rings (SSSR count). The molecule has 2 aliphatic rings. The Hall–Kier alpha value is -0.230. The first-order valence-electron chi connectivity index (χ1n) is 8.71. The Bertz CT molecular complexity index is 291. The lowest BCUT2D eigenvalue weighted by atomic mass is 9.69. The van der Waals surface area contributed by atoms with E-state index >= 15 is 0 Å². The molecule has 1 heteroatoms. The normalized spacial score (nSPS) is 35.2. The van der Waals surface area contributed by atoms with E-state index in [0.717, 1.165) is 23.7 Å². The summed E-state index contributed by atoms with van der Waals surface area (Å²) in [6.45, 7) is 3.82. The van der Waals surface area contributed by atoms with E-state index in [0.29, 0.717) is 0 Å². The molecule has 20 heavy (non-hydrogen) atoms. The van der Waals surface area contributed by atoms with Crippen LogP contribution in [0.15, 0.2) is 24.3 Å². The van der Waals surface area contributed by atoms with Gasteiger partial charge in [-0.25, -0.2) is 0 Å². The van der Waals surface area contributed by atoms with Crippen molar-refractivity contribution in [2.45, 2.75) is 70.6 Å². The van der Waals surface area contributed by atoms with Gasteiger partial charge >= 0.3 is 0 Å². The zero-order chi connectivity index (χ0) is 14.2. The van der Waals surface area contributed by atoms with E-state index in [1.807, 2.05) is 0 Å². The van der Waals surface area contributed by atoms with Gasteiger partial charge in [0.15, 0.2) is 0 Å². The summed E-state index contributed by atoms with van der Waals surface area (Å²) >= 11 is 5.70. The van der Waals surface area contributed by atoms with Gasteiger partial charge in [-0.1, -0.05) is 43.0 Å². The predicted molar refractivity (Wildman–Crippen MR) is 89.9 cm³/mol. The van der Waals surface area contributed by atoms with E-state index in [1.165, 1.54) is 70.6 Å². The summed E-state index contributed by atoms with van der Waals surface area (Å²) in [5.41, 5.74) is 1.72. The summed E-state index contributed by atoms with van der Waals surface area (Å²) < 4.78 is 0. The Morgan fingerprint density at radius 1 is 0.900 bits per heavy atom. The van der Waals surface area contributed by atoms with Crippen molar-refractivity contribution in [2.75, 3.05) is 0 Å². The third-order valence-electron chi connectivity index (χ3n) is 5.74. The fourth-order valence-electron chi connectivity index (χ4n) is 4.41. The van der Waals surface area contributed by atoms with Gasteiger partial charge in [0.2, 0.25) is 0 Å². The van der Waals surface area contributed by atoms with Crippen LogP contribution in [0.5, 0.6) is 0 Å². The fourth-order valence-corrected chi connectivity index (χ4v) is 4.62. The maximum Gasteiger partial charge on any atom is 0.000525 e. The van der Waals surface area contributed by atoms with Crippen molar-refractivity contribution in [3.05, 3.63) is 24.3 Å². The lowest BCUT2D eigenvalue weighted by Crippen LogP contribution is -2.25. The van der Waals surface area contributed by atoms with Gasteiger partial charge in [-0.15, -0.1) is 6.58 Å². The smallest absolute Gasteiger partial charge is 0.000525 e. The van der Waals surface area contributed by atoms with E-state index < -0.39 is 0 Å². The van der Waals surface area contributed by atoms with Crippen LogP contribution in [0.1, 0.15) is 70.6 Å². The van der Waals surface area contributed by atoms with E-state index in [4.69, 9.17) is 11.6 Å². The molecule has 0 nitrogen and oxygen atoms in total. The van der Waals surface area contributed by atoms with Crippen molar-refractivity contribution in [2.24, 2.45) is 23.7 Å². The van der Waals surface area contributed by atoms with E-state index in [1.54, 1.807) is 5.54 Å². The molecule has 2 aliphatic carbocycles. The van der Waals surface area contributed by atoms with Gasteiger partial charge in [0.05, 0.1) is 0 Å². The Morgan fingerprint density at radius 3 is 2.05 bits per heavy atom. The summed E-state index contributed by atoms with van der Waals surface area (Å²) in [7, 11) is 0.